The maximum Gasteiger partial charge on any atom is 0.243 e. The maximum absolute atomic E-state index is 12.4. The molecule has 2 aliphatic heterocycles. The van der Waals surface area contributed by atoms with Gasteiger partial charge in [0.1, 0.15) is 0 Å². The third-order valence-corrected chi connectivity index (χ3v) is 7.33. The lowest BCUT2D eigenvalue weighted by atomic mass is 9.99. The van der Waals surface area contributed by atoms with Crippen molar-refractivity contribution in [3.8, 4) is 0 Å². The molecule has 2 heterocycles. The minimum absolute atomic E-state index is 0.00555. The summed E-state index contributed by atoms with van der Waals surface area (Å²) in [6.45, 7) is 4.04. The van der Waals surface area contributed by atoms with Crippen molar-refractivity contribution >= 4 is 17.5 Å². The molecular formula is C30H41N3O7. The lowest BCUT2D eigenvalue weighted by Crippen LogP contribution is -2.44. The molecule has 218 valence electrons. The first-order valence-corrected chi connectivity index (χ1v) is 14.2. The van der Waals surface area contributed by atoms with Gasteiger partial charge in [0, 0.05) is 50.1 Å². The molecular weight excluding hydrogens is 514 g/mol. The lowest BCUT2D eigenvalue weighted by molar-refractivity contribution is -0.253. The van der Waals surface area contributed by atoms with E-state index in [1.165, 1.54) is 0 Å². The molecule has 0 saturated carbocycles. The summed E-state index contributed by atoms with van der Waals surface area (Å²) in [6.07, 6.45) is 3.81. The zero-order valence-electron chi connectivity index (χ0n) is 22.9. The number of benzene rings is 2. The van der Waals surface area contributed by atoms with E-state index in [0.717, 1.165) is 75.2 Å². The van der Waals surface area contributed by atoms with Gasteiger partial charge in [-0.2, -0.15) is 0 Å². The second-order valence-electron chi connectivity index (χ2n) is 10.4. The number of aliphatic hydroxyl groups excluding tert-OH is 1. The van der Waals surface area contributed by atoms with Crippen molar-refractivity contribution in [2.24, 2.45) is 0 Å². The number of carbonyl (C=O) groups is 2. The first-order chi connectivity index (χ1) is 19.5. The molecule has 10 nitrogen and oxygen atoms in total. The third kappa shape index (κ3) is 9.36. The van der Waals surface area contributed by atoms with Crippen LogP contribution in [0.4, 0.5) is 5.69 Å². The highest BCUT2D eigenvalue weighted by Gasteiger charge is 2.33. The van der Waals surface area contributed by atoms with Crippen LogP contribution >= 0.6 is 0 Å². The summed E-state index contributed by atoms with van der Waals surface area (Å²) in [5, 5.41) is 20.9. The van der Waals surface area contributed by atoms with Gasteiger partial charge in [-0.3, -0.25) is 19.7 Å². The molecule has 2 saturated heterocycles. The number of nitrogens with one attached hydrogen (secondary N) is 2. The van der Waals surface area contributed by atoms with Crippen molar-refractivity contribution in [1.29, 1.82) is 0 Å². The van der Waals surface area contributed by atoms with Gasteiger partial charge in [0.15, 0.2) is 6.29 Å². The van der Waals surface area contributed by atoms with Gasteiger partial charge in [-0.05, 0) is 36.1 Å². The Balaban J connectivity index is 1.32. The zero-order chi connectivity index (χ0) is 28.2. The predicted molar refractivity (Wildman–Crippen MR) is 148 cm³/mol. The fourth-order valence-electron chi connectivity index (χ4n) is 5.03. The van der Waals surface area contributed by atoms with E-state index in [2.05, 4.69) is 10.2 Å². The Kier molecular flexibility index (Phi) is 11.9. The number of unbranched alkanes of at least 4 members (excludes halogenated alkanes) is 3. The molecule has 2 fully saturated rings. The van der Waals surface area contributed by atoms with E-state index >= 15 is 0 Å². The van der Waals surface area contributed by atoms with E-state index in [1.54, 1.807) is 5.48 Å². The van der Waals surface area contributed by atoms with Crippen LogP contribution in [0.15, 0.2) is 48.5 Å². The minimum Gasteiger partial charge on any atom is -0.392 e. The smallest absolute Gasteiger partial charge is 0.243 e. The zero-order valence-corrected chi connectivity index (χ0v) is 22.9. The van der Waals surface area contributed by atoms with Crippen molar-refractivity contribution in [2.75, 3.05) is 38.2 Å². The fourth-order valence-corrected chi connectivity index (χ4v) is 5.03. The molecule has 0 unspecified atom stereocenters. The molecule has 3 atom stereocenters. The highest BCUT2D eigenvalue weighted by Crippen LogP contribution is 2.38. The topological polar surface area (TPSA) is 130 Å². The van der Waals surface area contributed by atoms with E-state index < -0.39 is 6.29 Å². The molecule has 4 N–H and O–H groups in total. The summed E-state index contributed by atoms with van der Waals surface area (Å²) < 4.78 is 18.4. The van der Waals surface area contributed by atoms with Gasteiger partial charge >= 0.3 is 0 Å². The maximum atomic E-state index is 12.4. The Morgan fingerprint density at radius 2 is 1.50 bits per heavy atom. The van der Waals surface area contributed by atoms with Crippen molar-refractivity contribution in [3.05, 3.63) is 65.2 Å². The first kappa shape index (κ1) is 30.1. The molecule has 0 aliphatic carbocycles. The summed E-state index contributed by atoms with van der Waals surface area (Å²) in [5.74, 6) is -0.437. The number of hydrogen-bond acceptors (Lipinski definition) is 8. The summed E-state index contributed by atoms with van der Waals surface area (Å²) >= 11 is 0. The second-order valence-corrected chi connectivity index (χ2v) is 10.4. The highest BCUT2D eigenvalue weighted by molar-refractivity contribution is 5.90. The van der Waals surface area contributed by atoms with E-state index in [-0.39, 0.29) is 37.0 Å². The molecule has 0 radical (unpaired) electrons. The number of aliphatic hydroxyl groups is 1. The molecule has 40 heavy (non-hydrogen) atoms. The number of ether oxygens (including phenoxy) is 3. The van der Waals surface area contributed by atoms with E-state index in [4.69, 9.17) is 19.4 Å². The van der Waals surface area contributed by atoms with Crippen molar-refractivity contribution in [3.63, 3.8) is 0 Å². The Labute approximate surface area is 235 Å². The quantitative estimate of drug-likeness (QED) is 0.167. The standard InChI is InChI=1S/C30H41N3O7/c34-21-22-7-9-23(10-8-22)27-19-26(20-33-15-17-38-18-16-33)39-30(40-27)24-11-13-25(14-12-24)31-28(35)5-3-1-2-4-6-29(36)32-37/h7-14,26-27,30,34,37H,1-6,15-21H2,(H,31,35)(H,32,36)/t26-,27+,30+/m0/s1. The molecule has 10 heteroatoms. The Morgan fingerprint density at radius 3 is 2.15 bits per heavy atom. The van der Waals surface area contributed by atoms with Gasteiger partial charge < -0.3 is 24.6 Å². The number of anilines is 1. The van der Waals surface area contributed by atoms with E-state index in [9.17, 15) is 14.7 Å². The van der Waals surface area contributed by atoms with E-state index in [1.807, 2.05) is 48.5 Å². The molecule has 2 aliphatic rings. The number of rotatable bonds is 13. The molecule has 0 aromatic heterocycles. The minimum atomic E-state index is -0.542. The fraction of sp³-hybridized carbons (Fsp3) is 0.533. The SMILES string of the molecule is O=C(CCCCCCC(=O)Nc1ccc([C@@H]2O[C@H](CN3CCOCC3)C[C@H](c3ccc(CO)cc3)O2)cc1)NO. The Morgan fingerprint density at radius 1 is 0.850 bits per heavy atom. The average molecular weight is 556 g/mol. The van der Waals surface area contributed by atoms with Gasteiger partial charge in [-0.25, -0.2) is 5.48 Å². The molecule has 2 amide bonds. The van der Waals surface area contributed by atoms with Gasteiger partial charge in [0.05, 0.1) is 32.0 Å². The number of carbonyl (C=O) groups excluding carboxylic acids is 2. The second kappa shape index (κ2) is 15.8. The van der Waals surface area contributed by atoms with Crippen LogP contribution in [0.3, 0.4) is 0 Å². The number of morpholine rings is 1. The molecule has 4 rings (SSSR count). The van der Waals surface area contributed by atoms with Crippen molar-refractivity contribution in [1.82, 2.24) is 10.4 Å². The highest BCUT2D eigenvalue weighted by atomic mass is 16.7. The third-order valence-electron chi connectivity index (χ3n) is 7.33. The predicted octanol–water partition coefficient (Wildman–Crippen LogP) is 3.84. The molecule has 0 bridgehead atoms. The number of nitrogens with zero attached hydrogens (tertiary/aromatic N) is 1. The lowest BCUT2D eigenvalue weighted by Gasteiger charge is -2.39. The monoisotopic (exact) mass is 555 g/mol. The van der Waals surface area contributed by atoms with Gasteiger partial charge in [-0.15, -0.1) is 0 Å². The first-order valence-electron chi connectivity index (χ1n) is 14.2. The van der Waals surface area contributed by atoms with E-state index in [0.29, 0.717) is 18.5 Å². The van der Waals surface area contributed by atoms with Gasteiger partial charge in [0.25, 0.3) is 0 Å². The largest absolute Gasteiger partial charge is 0.392 e. The van der Waals surface area contributed by atoms with Crippen molar-refractivity contribution < 1.29 is 34.1 Å². The van der Waals surface area contributed by atoms with Crippen LogP contribution in [0, 0.1) is 0 Å². The summed E-state index contributed by atoms with van der Waals surface area (Å²) in [6, 6.07) is 15.4. The molecule has 2 aromatic carbocycles. The number of hydrogen-bond donors (Lipinski definition) is 4. The Hall–Kier alpha value is -2.86. The van der Waals surface area contributed by atoms with Crippen molar-refractivity contribution in [2.45, 2.75) is 70.1 Å². The van der Waals surface area contributed by atoms with Crippen LogP contribution in [0.25, 0.3) is 0 Å². The van der Waals surface area contributed by atoms with Crippen LogP contribution in [0.1, 0.15) is 74.0 Å². The van der Waals surface area contributed by atoms with Gasteiger partial charge in [-0.1, -0.05) is 49.2 Å². The normalized spacial score (nSPS) is 21.6. The van der Waals surface area contributed by atoms with Crippen LogP contribution in [-0.4, -0.2) is 66.0 Å². The van der Waals surface area contributed by atoms with Crippen LogP contribution in [0.2, 0.25) is 0 Å². The number of hydroxylamine groups is 1. The van der Waals surface area contributed by atoms with Gasteiger partial charge in [0.2, 0.25) is 11.8 Å². The molecule has 0 spiro atoms. The summed E-state index contributed by atoms with van der Waals surface area (Å²) in [5.41, 5.74) is 5.14. The average Bonchev–Trinajstić information content (AvgIpc) is 2.99. The van der Waals surface area contributed by atoms with Crippen LogP contribution in [-0.2, 0) is 30.4 Å². The number of amides is 2. The van der Waals surface area contributed by atoms with Crippen LogP contribution < -0.4 is 10.8 Å². The summed E-state index contributed by atoms with van der Waals surface area (Å²) in [7, 11) is 0. The summed E-state index contributed by atoms with van der Waals surface area (Å²) in [4.78, 5) is 25.8. The van der Waals surface area contributed by atoms with Crippen LogP contribution in [0.5, 0.6) is 0 Å². The Bertz CT molecular complexity index is 1060. The molecule has 2 aromatic rings.